The van der Waals surface area contributed by atoms with Crippen molar-refractivity contribution in [3.05, 3.63) is 89.4 Å². The van der Waals surface area contributed by atoms with E-state index in [1.165, 1.54) is 0 Å². The molecule has 0 N–H and O–H groups in total. The minimum Gasteiger partial charge on any atom is -0.261 e. The topological polar surface area (TPSA) is 79.7 Å². The lowest BCUT2D eigenvalue weighted by Gasteiger charge is -2.06. The molecule has 0 unspecified atom stereocenters. The van der Waals surface area contributed by atoms with Crippen molar-refractivity contribution in [3.8, 4) is 28.6 Å². The van der Waals surface area contributed by atoms with E-state index in [4.69, 9.17) is 16.5 Å². The molecule has 4 aromatic rings. The van der Waals surface area contributed by atoms with Gasteiger partial charge in [0.25, 0.3) is 5.70 Å². The molecule has 0 saturated heterocycles. The third-order valence-electron chi connectivity index (χ3n) is 4.67. The van der Waals surface area contributed by atoms with Crippen LogP contribution in [0.25, 0.3) is 44.0 Å². The minimum absolute atomic E-state index is 0.0241. The van der Waals surface area contributed by atoms with E-state index in [-0.39, 0.29) is 5.70 Å². The van der Waals surface area contributed by atoms with Crippen molar-refractivity contribution in [2.75, 3.05) is 0 Å². The van der Waals surface area contributed by atoms with Gasteiger partial charge in [-0.15, -0.1) is 0 Å². The fourth-order valence-corrected chi connectivity index (χ4v) is 3.44. The summed E-state index contributed by atoms with van der Waals surface area (Å²) >= 11 is 0. The van der Waals surface area contributed by atoms with Gasteiger partial charge in [-0.05, 0) is 17.7 Å². The van der Waals surface area contributed by atoms with E-state index in [2.05, 4.69) is 14.8 Å². The lowest BCUT2D eigenvalue weighted by Crippen LogP contribution is -1.94. The highest BCUT2D eigenvalue weighted by Gasteiger charge is 2.29. The summed E-state index contributed by atoms with van der Waals surface area (Å²) in [5.41, 5.74) is 6.60. The molecule has 1 aliphatic carbocycles. The van der Waals surface area contributed by atoms with Crippen LogP contribution in [0, 0.1) is 17.9 Å². The standard InChI is InChI=1S/C22H10N6/c1-24-18(11-23)20-14-4-2-3-5-15(14)21-22(20)27-16-7-6-13(10-17(16)28-21)19-12-25-8-9-26-19/h2-10,12H/b20-18+. The van der Waals surface area contributed by atoms with Crippen LogP contribution >= 0.6 is 0 Å². The highest BCUT2D eigenvalue weighted by molar-refractivity contribution is 6.02. The molecule has 0 aliphatic heterocycles. The summed E-state index contributed by atoms with van der Waals surface area (Å²) in [4.78, 5) is 21.4. The van der Waals surface area contributed by atoms with Crippen LogP contribution in [0.1, 0.15) is 11.3 Å². The molecule has 0 radical (unpaired) electrons. The van der Waals surface area contributed by atoms with Crippen molar-refractivity contribution in [1.29, 1.82) is 5.26 Å². The van der Waals surface area contributed by atoms with Gasteiger partial charge in [-0.2, -0.15) is 0 Å². The summed E-state index contributed by atoms with van der Waals surface area (Å²) in [5.74, 6) is 0. The molecule has 0 amide bonds. The SMILES string of the molecule is [C-]#[N+]/C(C#N)=C1\c2ccccc2-c2nc3cc(-c4cnccn4)ccc3nc21. The molecular formula is C22H10N6. The normalized spacial score (nSPS) is 13.4. The predicted octanol–water partition coefficient (Wildman–Crippen LogP) is 4.27. The first-order chi connectivity index (χ1) is 13.8. The number of hydrogen-bond donors (Lipinski definition) is 0. The van der Waals surface area contributed by atoms with Crippen molar-refractivity contribution in [3.63, 3.8) is 0 Å². The van der Waals surface area contributed by atoms with Crippen LogP contribution in [0.4, 0.5) is 0 Å². The zero-order valence-corrected chi connectivity index (χ0v) is 14.5. The third kappa shape index (κ3) is 2.26. The minimum atomic E-state index is 0.0241. The van der Waals surface area contributed by atoms with E-state index in [0.717, 1.165) is 27.9 Å². The highest BCUT2D eigenvalue weighted by atomic mass is 14.9. The Bertz CT molecular complexity index is 1360. The summed E-state index contributed by atoms with van der Waals surface area (Å²) < 4.78 is 0. The first kappa shape index (κ1) is 15.8. The second kappa shape index (κ2) is 6.08. The van der Waals surface area contributed by atoms with Gasteiger partial charge in [-0.1, -0.05) is 30.3 Å². The van der Waals surface area contributed by atoms with Crippen molar-refractivity contribution in [1.82, 2.24) is 19.9 Å². The zero-order valence-electron chi connectivity index (χ0n) is 14.5. The average Bonchev–Trinajstić information content (AvgIpc) is 3.07. The van der Waals surface area contributed by atoms with Gasteiger partial charge in [-0.3, -0.25) is 9.97 Å². The van der Waals surface area contributed by atoms with Crippen LogP contribution in [0.3, 0.4) is 0 Å². The molecule has 6 heteroatoms. The summed E-state index contributed by atoms with van der Waals surface area (Å²) in [6, 6.07) is 15.3. The number of nitriles is 1. The molecule has 1 aliphatic rings. The van der Waals surface area contributed by atoms with Crippen molar-refractivity contribution in [2.24, 2.45) is 0 Å². The molecule has 28 heavy (non-hydrogen) atoms. The van der Waals surface area contributed by atoms with Gasteiger partial charge in [0.05, 0.1) is 47.0 Å². The van der Waals surface area contributed by atoms with Gasteiger partial charge in [0.2, 0.25) is 0 Å². The zero-order chi connectivity index (χ0) is 19.1. The van der Waals surface area contributed by atoms with Crippen molar-refractivity contribution >= 4 is 16.6 Å². The Hall–Kier alpha value is -4.42. The molecule has 128 valence electrons. The van der Waals surface area contributed by atoms with E-state index < -0.39 is 0 Å². The maximum atomic E-state index is 9.43. The number of rotatable bonds is 1. The average molecular weight is 358 g/mol. The van der Waals surface area contributed by atoms with Crippen LogP contribution < -0.4 is 0 Å². The second-order valence-corrected chi connectivity index (χ2v) is 6.21. The number of benzene rings is 2. The Morgan fingerprint density at radius 1 is 0.964 bits per heavy atom. The van der Waals surface area contributed by atoms with Crippen molar-refractivity contribution in [2.45, 2.75) is 0 Å². The van der Waals surface area contributed by atoms with Crippen LogP contribution in [0.15, 0.2) is 66.8 Å². The molecule has 0 spiro atoms. The van der Waals surface area contributed by atoms with Gasteiger partial charge in [-0.25, -0.2) is 20.1 Å². The summed E-state index contributed by atoms with van der Waals surface area (Å²) in [6.45, 7) is 7.38. The van der Waals surface area contributed by atoms with Gasteiger partial charge < -0.3 is 0 Å². The maximum absolute atomic E-state index is 9.43. The monoisotopic (exact) mass is 358 g/mol. The lowest BCUT2D eigenvalue weighted by molar-refractivity contribution is 1.20. The Morgan fingerprint density at radius 2 is 1.79 bits per heavy atom. The second-order valence-electron chi connectivity index (χ2n) is 6.21. The van der Waals surface area contributed by atoms with Crippen LogP contribution in [-0.2, 0) is 0 Å². The highest BCUT2D eigenvalue weighted by Crippen LogP contribution is 2.44. The smallest absolute Gasteiger partial charge is 0.261 e. The summed E-state index contributed by atoms with van der Waals surface area (Å²) in [7, 11) is 0. The van der Waals surface area contributed by atoms with E-state index in [9.17, 15) is 5.26 Å². The number of nitrogens with zero attached hydrogens (tertiary/aromatic N) is 6. The molecule has 2 heterocycles. The third-order valence-corrected chi connectivity index (χ3v) is 4.67. The Morgan fingerprint density at radius 3 is 2.54 bits per heavy atom. The largest absolute Gasteiger partial charge is 0.271 e. The first-order valence-electron chi connectivity index (χ1n) is 8.50. The van der Waals surface area contributed by atoms with Gasteiger partial charge in [0.15, 0.2) is 0 Å². The molecular weight excluding hydrogens is 348 g/mol. The molecule has 0 bridgehead atoms. The number of aromatic nitrogens is 4. The number of allylic oxidation sites excluding steroid dienone is 1. The maximum Gasteiger partial charge on any atom is 0.271 e. The van der Waals surface area contributed by atoms with E-state index in [1.54, 1.807) is 18.6 Å². The number of fused-ring (bicyclic) bond motifs is 4. The van der Waals surface area contributed by atoms with Gasteiger partial charge in [0.1, 0.15) is 0 Å². The van der Waals surface area contributed by atoms with E-state index >= 15 is 0 Å². The van der Waals surface area contributed by atoms with Crippen LogP contribution in [-0.4, -0.2) is 19.9 Å². The molecule has 0 fully saturated rings. The van der Waals surface area contributed by atoms with Crippen LogP contribution in [0.5, 0.6) is 0 Å². The van der Waals surface area contributed by atoms with Gasteiger partial charge in [0, 0.05) is 29.1 Å². The quantitative estimate of drug-likeness (QED) is 0.330. The van der Waals surface area contributed by atoms with E-state index in [1.807, 2.05) is 48.5 Å². The summed E-state index contributed by atoms with van der Waals surface area (Å²) in [6.07, 6.45) is 4.98. The Kier molecular flexibility index (Phi) is 3.43. The van der Waals surface area contributed by atoms with Gasteiger partial charge >= 0.3 is 0 Å². The Labute approximate surface area is 160 Å². The predicted molar refractivity (Wildman–Crippen MR) is 104 cm³/mol. The number of hydrogen-bond acceptors (Lipinski definition) is 5. The molecule has 2 aromatic carbocycles. The molecule has 0 atom stereocenters. The molecule has 6 nitrogen and oxygen atoms in total. The fourth-order valence-electron chi connectivity index (χ4n) is 3.44. The molecule has 5 rings (SSSR count). The Balaban J connectivity index is 1.80. The molecule has 0 saturated carbocycles. The summed E-state index contributed by atoms with van der Waals surface area (Å²) in [5, 5.41) is 9.43. The first-order valence-corrected chi connectivity index (χ1v) is 8.50. The van der Waals surface area contributed by atoms with Crippen molar-refractivity contribution < 1.29 is 0 Å². The van der Waals surface area contributed by atoms with Crippen LogP contribution in [0.2, 0.25) is 0 Å². The fraction of sp³-hybridized carbons (Fsp3) is 0. The van der Waals surface area contributed by atoms with E-state index in [0.29, 0.717) is 22.5 Å². The molecule has 2 aromatic heterocycles. The lowest BCUT2D eigenvalue weighted by atomic mass is 10.0.